The van der Waals surface area contributed by atoms with Crippen LogP contribution in [0.25, 0.3) is 0 Å². The molecule has 0 aromatic carbocycles. The zero-order valence-electron chi connectivity index (χ0n) is 9.53. The summed E-state index contributed by atoms with van der Waals surface area (Å²) in [7, 11) is 1.61. The molecule has 0 bridgehead atoms. The number of methoxy groups -OCH3 is 1. The van der Waals surface area contributed by atoms with E-state index in [2.05, 4.69) is 38.1 Å². The lowest BCUT2D eigenvalue weighted by Crippen LogP contribution is -2.23. The molecule has 2 atom stereocenters. The molecule has 88 valence electrons. The Kier molecular flexibility index (Phi) is 3.63. The number of rotatable bonds is 3. The van der Waals surface area contributed by atoms with Crippen LogP contribution >= 0.6 is 15.9 Å². The largest absolute Gasteiger partial charge is 0.480 e. The average Bonchev–Trinajstić information content (AvgIpc) is 2.67. The van der Waals surface area contributed by atoms with Gasteiger partial charge in [0.25, 0.3) is 0 Å². The lowest BCUT2D eigenvalue weighted by atomic mass is 10.1. The first kappa shape index (κ1) is 11.6. The van der Waals surface area contributed by atoms with Crippen LogP contribution in [0.5, 0.6) is 5.88 Å². The molecule has 1 N–H and O–H groups in total. The smallest absolute Gasteiger partial charge is 0.232 e. The highest BCUT2D eigenvalue weighted by Crippen LogP contribution is 2.28. The summed E-state index contributed by atoms with van der Waals surface area (Å²) >= 11 is 3.34. The van der Waals surface area contributed by atoms with Crippen LogP contribution < -0.4 is 10.1 Å². The van der Waals surface area contributed by atoms with Crippen LogP contribution in [0.15, 0.2) is 10.7 Å². The molecule has 1 aromatic rings. The monoisotopic (exact) mass is 285 g/mol. The van der Waals surface area contributed by atoms with E-state index in [1.807, 2.05) is 0 Å². The Labute approximate surface area is 104 Å². The van der Waals surface area contributed by atoms with Gasteiger partial charge in [-0.25, -0.2) is 4.98 Å². The summed E-state index contributed by atoms with van der Waals surface area (Å²) in [6.07, 6.45) is 5.48. The molecule has 16 heavy (non-hydrogen) atoms. The molecule has 1 aromatic heterocycles. The van der Waals surface area contributed by atoms with E-state index < -0.39 is 0 Å². The Morgan fingerprint density at radius 3 is 2.94 bits per heavy atom. The minimum atomic E-state index is 0.492. The van der Waals surface area contributed by atoms with E-state index in [4.69, 9.17) is 4.74 Å². The first-order valence-corrected chi connectivity index (χ1v) is 6.33. The second-order valence-electron chi connectivity index (χ2n) is 4.21. The lowest BCUT2D eigenvalue weighted by molar-refractivity contribution is 0.394. The number of nitrogens with one attached hydrogen (secondary N) is 1. The summed E-state index contributed by atoms with van der Waals surface area (Å²) in [6, 6.07) is 0.492. The van der Waals surface area contributed by atoms with Gasteiger partial charge in [-0.3, -0.25) is 0 Å². The van der Waals surface area contributed by atoms with Crippen molar-refractivity contribution >= 4 is 21.9 Å². The topological polar surface area (TPSA) is 47.0 Å². The van der Waals surface area contributed by atoms with Crippen molar-refractivity contribution in [2.24, 2.45) is 5.92 Å². The van der Waals surface area contributed by atoms with Gasteiger partial charge in [0.15, 0.2) is 0 Å². The molecule has 1 fully saturated rings. The maximum atomic E-state index is 5.14. The highest BCUT2D eigenvalue weighted by molar-refractivity contribution is 9.10. The van der Waals surface area contributed by atoms with E-state index >= 15 is 0 Å². The van der Waals surface area contributed by atoms with Gasteiger partial charge < -0.3 is 10.1 Å². The maximum Gasteiger partial charge on any atom is 0.232 e. The lowest BCUT2D eigenvalue weighted by Gasteiger charge is -2.17. The third kappa shape index (κ3) is 2.45. The van der Waals surface area contributed by atoms with Crippen LogP contribution in [0.4, 0.5) is 5.95 Å². The summed E-state index contributed by atoms with van der Waals surface area (Å²) in [5, 5.41) is 3.37. The molecule has 0 radical (unpaired) electrons. The molecule has 1 heterocycles. The number of hydrogen-bond donors (Lipinski definition) is 1. The quantitative estimate of drug-likeness (QED) is 0.928. The van der Waals surface area contributed by atoms with E-state index in [-0.39, 0.29) is 0 Å². The summed E-state index contributed by atoms with van der Waals surface area (Å²) in [5.41, 5.74) is 0. The van der Waals surface area contributed by atoms with Crippen molar-refractivity contribution in [3.05, 3.63) is 10.7 Å². The van der Waals surface area contributed by atoms with Crippen molar-refractivity contribution < 1.29 is 4.74 Å². The van der Waals surface area contributed by atoms with Crippen molar-refractivity contribution in [2.75, 3.05) is 12.4 Å². The van der Waals surface area contributed by atoms with E-state index in [1.54, 1.807) is 13.3 Å². The maximum absolute atomic E-state index is 5.14. The van der Waals surface area contributed by atoms with Crippen molar-refractivity contribution in [3.63, 3.8) is 0 Å². The minimum absolute atomic E-state index is 0.492. The third-order valence-corrected chi connectivity index (χ3v) is 3.63. The number of ether oxygens (including phenoxy) is 1. The number of halogens is 1. The highest BCUT2D eigenvalue weighted by atomic mass is 79.9. The van der Waals surface area contributed by atoms with Crippen LogP contribution in [0.3, 0.4) is 0 Å². The first-order valence-electron chi connectivity index (χ1n) is 5.53. The minimum Gasteiger partial charge on any atom is -0.480 e. The molecule has 2 rings (SSSR count). The summed E-state index contributed by atoms with van der Waals surface area (Å²) in [5.74, 6) is 1.92. The zero-order chi connectivity index (χ0) is 11.5. The first-order chi connectivity index (χ1) is 7.70. The van der Waals surface area contributed by atoms with Crippen molar-refractivity contribution in [2.45, 2.75) is 32.2 Å². The Bertz CT molecular complexity index is 372. The Hall–Kier alpha value is -0.840. The molecular weight excluding hydrogens is 270 g/mol. The van der Waals surface area contributed by atoms with Gasteiger partial charge in [0, 0.05) is 6.04 Å². The van der Waals surface area contributed by atoms with Gasteiger partial charge in [0.1, 0.15) is 0 Å². The molecule has 1 aliphatic rings. The van der Waals surface area contributed by atoms with Gasteiger partial charge in [0.2, 0.25) is 11.8 Å². The highest BCUT2D eigenvalue weighted by Gasteiger charge is 2.23. The molecule has 0 spiro atoms. The summed E-state index contributed by atoms with van der Waals surface area (Å²) in [6.45, 7) is 2.26. The fourth-order valence-corrected chi connectivity index (χ4v) is 2.44. The molecule has 0 saturated heterocycles. The van der Waals surface area contributed by atoms with Crippen LogP contribution in [-0.2, 0) is 0 Å². The van der Waals surface area contributed by atoms with Crippen LogP contribution in [0.1, 0.15) is 26.2 Å². The number of anilines is 1. The van der Waals surface area contributed by atoms with Crippen molar-refractivity contribution in [1.29, 1.82) is 0 Å². The predicted molar refractivity (Wildman–Crippen MR) is 66.7 cm³/mol. The number of nitrogens with zero attached hydrogens (tertiary/aromatic N) is 2. The molecule has 5 heteroatoms. The van der Waals surface area contributed by atoms with Gasteiger partial charge in [-0.15, -0.1) is 0 Å². The van der Waals surface area contributed by atoms with Gasteiger partial charge in [-0.1, -0.05) is 13.3 Å². The molecule has 1 saturated carbocycles. The molecule has 0 aliphatic heterocycles. The third-order valence-electron chi connectivity index (χ3n) is 3.08. The Balaban J connectivity index is 2.09. The molecule has 4 nitrogen and oxygen atoms in total. The van der Waals surface area contributed by atoms with E-state index in [9.17, 15) is 0 Å². The molecule has 0 amide bonds. The van der Waals surface area contributed by atoms with Gasteiger partial charge in [-0.05, 0) is 34.7 Å². The average molecular weight is 286 g/mol. The van der Waals surface area contributed by atoms with Gasteiger partial charge in [0.05, 0.1) is 17.8 Å². The second-order valence-corrected chi connectivity index (χ2v) is 5.06. The van der Waals surface area contributed by atoms with Gasteiger partial charge >= 0.3 is 0 Å². The van der Waals surface area contributed by atoms with Crippen molar-refractivity contribution in [1.82, 2.24) is 9.97 Å². The Morgan fingerprint density at radius 1 is 1.50 bits per heavy atom. The SMILES string of the molecule is COc1nc(NC2CCCC2C)ncc1Br. The van der Waals surface area contributed by atoms with Crippen LogP contribution in [0, 0.1) is 5.92 Å². The van der Waals surface area contributed by atoms with E-state index in [1.165, 1.54) is 19.3 Å². The predicted octanol–water partition coefficient (Wildman–Crippen LogP) is 2.85. The standard InChI is InChI=1S/C11H16BrN3O/c1-7-4-3-5-9(7)14-11-13-6-8(12)10(15-11)16-2/h6-7,9H,3-5H2,1-2H3,(H,13,14,15). The number of hydrogen-bond acceptors (Lipinski definition) is 4. The van der Waals surface area contributed by atoms with E-state index in [0.717, 1.165) is 4.47 Å². The zero-order valence-corrected chi connectivity index (χ0v) is 11.1. The molecular formula is C11H16BrN3O. The van der Waals surface area contributed by atoms with Crippen molar-refractivity contribution in [3.8, 4) is 5.88 Å². The number of aromatic nitrogens is 2. The second kappa shape index (κ2) is 4.99. The normalized spacial score (nSPS) is 24.4. The fourth-order valence-electron chi connectivity index (χ4n) is 2.09. The molecule has 2 unspecified atom stereocenters. The summed E-state index contributed by atoms with van der Waals surface area (Å²) in [4.78, 5) is 8.53. The summed E-state index contributed by atoms with van der Waals surface area (Å²) < 4.78 is 5.92. The molecule has 1 aliphatic carbocycles. The fraction of sp³-hybridized carbons (Fsp3) is 0.636. The van der Waals surface area contributed by atoms with Crippen LogP contribution in [-0.4, -0.2) is 23.1 Å². The van der Waals surface area contributed by atoms with Crippen LogP contribution in [0.2, 0.25) is 0 Å². The Morgan fingerprint density at radius 2 is 2.31 bits per heavy atom. The van der Waals surface area contributed by atoms with E-state index in [0.29, 0.717) is 23.8 Å². The van der Waals surface area contributed by atoms with Gasteiger partial charge in [-0.2, -0.15) is 4.98 Å².